The highest BCUT2D eigenvalue weighted by Gasteiger charge is 2.39. The van der Waals surface area contributed by atoms with E-state index in [0.717, 1.165) is 16.9 Å². The number of aryl methyl sites for hydroxylation is 1. The summed E-state index contributed by atoms with van der Waals surface area (Å²) < 4.78 is 0. The van der Waals surface area contributed by atoms with Gasteiger partial charge in [0.2, 0.25) is 0 Å². The van der Waals surface area contributed by atoms with Crippen molar-refractivity contribution in [2.24, 2.45) is 11.8 Å². The van der Waals surface area contributed by atoms with Gasteiger partial charge >= 0.3 is 0 Å². The van der Waals surface area contributed by atoms with Gasteiger partial charge < -0.3 is 10.6 Å². The van der Waals surface area contributed by atoms with Crippen molar-refractivity contribution in [2.45, 2.75) is 57.0 Å². The summed E-state index contributed by atoms with van der Waals surface area (Å²) in [4.78, 5) is 0. The molecule has 1 aromatic carbocycles. The molecule has 3 aliphatic rings. The molecule has 0 unspecified atom stereocenters. The molecule has 2 bridgehead atoms. The highest BCUT2D eigenvalue weighted by Crippen LogP contribution is 2.44. The van der Waals surface area contributed by atoms with Crippen molar-refractivity contribution in [3.05, 3.63) is 35.4 Å². The van der Waals surface area contributed by atoms with Gasteiger partial charge in [-0.3, -0.25) is 0 Å². The Morgan fingerprint density at radius 3 is 2.76 bits per heavy atom. The Morgan fingerprint density at radius 1 is 1.05 bits per heavy atom. The first-order chi connectivity index (χ1) is 10.3. The lowest BCUT2D eigenvalue weighted by Crippen LogP contribution is -2.45. The van der Waals surface area contributed by atoms with Crippen LogP contribution in [0.25, 0.3) is 0 Å². The average Bonchev–Trinajstić information content (AvgIpc) is 3.10. The van der Waals surface area contributed by atoms with E-state index in [4.69, 9.17) is 12.2 Å². The lowest BCUT2D eigenvalue weighted by molar-refractivity contribution is 0.386. The molecule has 0 heterocycles. The molecule has 0 aromatic heterocycles. The fraction of sp³-hybridized carbons (Fsp3) is 0.611. The molecular weight excluding hydrogens is 276 g/mol. The van der Waals surface area contributed by atoms with Gasteiger partial charge in [-0.2, -0.15) is 0 Å². The summed E-state index contributed by atoms with van der Waals surface area (Å²) in [5.41, 5.74) is 2.94. The second kappa shape index (κ2) is 5.60. The Balaban J connectivity index is 1.39. The van der Waals surface area contributed by atoms with Gasteiger partial charge in [-0.05, 0) is 73.7 Å². The summed E-state index contributed by atoms with van der Waals surface area (Å²) in [5.74, 6) is 1.83. The Morgan fingerprint density at radius 2 is 1.95 bits per heavy atom. The van der Waals surface area contributed by atoms with Gasteiger partial charge in [0.25, 0.3) is 0 Å². The van der Waals surface area contributed by atoms with Crippen LogP contribution < -0.4 is 10.6 Å². The molecule has 0 amide bonds. The van der Waals surface area contributed by atoms with Crippen LogP contribution >= 0.6 is 12.2 Å². The first-order valence-electron chi connectivity index (χ1n) is 8.44. The zero-order valence-corrected chi connectivity index (χ0v) is 13.3. The molecule has 112 valence electrons. The summed E-state index contributed by atoms with van der Waals surface area (Å²) in [6.45, 7) is 0. The van der Waals surface area contributed by atoms with Crippen LogP contribution in [-0.4, -0.2) is 11.2 Å². The van der Waals surface area contributed by atoms with Gasteiger partial charge in [-0.1, -0.05) is 30.7 Å². The normalized spacial score (nSPS) is 33.5. The van der Waals surface area contributed by atoms with E-state index in [9.17, 15) is 0 Å². The number of thiocarbonyl (C=S) groups is 1. The maximum atomic E-state index is 5.59. The molecule has 2 saturated carbocycles. The van der Waals surface area contributed by atoms with Crippen LogP contribution in [0.3, 0.4) is 0 Å². The van der Waals surface area contributed by atoms with Gasteiger partial charge in [0.05, 0.1) is 6.04 Å². The van der Waals surface area contributed by atoms with Gasteiger partial charge in [0, 0.05) is 6.04 Å². The number of nitrogens with one attached hydrogen (secondary N) is 2. The van der Waals surface area contributed by atoms with Gasteiger partial charge in [0.15, 0.2) is 5.11 Å². The van der Waals surface area contributed by atoms with Crippen LogP contribution in [0.1, 0.15) is 55.7 Å². The average molecular weight is 300 g/mol. The van der Waals surface area contributed by atoms with E-state index in [1.807, 2.05) is 0 Å². The molecule has 2 N–H and O–H groups in total. The minimum Gasteiger partial charge on any atom is -0.360 e. The Labute approximate surface area is 132 Å². The predicted molar refractivity (Wildman–Crippen MR) is 90.2 cm³/mol. The lowest BCUT2D eigenvalue weighted by Gasteiger charge is -2.30. The number of rotatable bonds is 2. The predicted octanol–water partition coefficient (Wildman–Crippen LogP) is 3.72. The Kier molecular flexibility index (Phi) is 3.62. The number of hydrogen-bond donors (Lipinski definition) is 2. The first kappa shape index (κ1) is 13.6. The summed E-state index contributed by atoms with van der Waals surface area (Å²) in [5, 5.41) is 8.06. The molecule has 0 spiro atoms. The third kappa shape index (κ3) is 2.68. The zero-order valence-electron chi connectivity index (χ0n) is 12.5. The third-order valence-corrected chi connectivity index (χ3v) is 5.97. The van der Waals surface area contributed by atoms with Crippen molar-refractivity contribution in [1.82, 2.24) is 10.6 Å². The van der Waals surface area contributed by atoms with Gasteiger partial charge in [0.1, 0.15) is 0 Å². The number of hydrogen-bond acceptors (Lipinski definition) is 1. The molecule has 4 atom stereocenters. The molecule has 2 nitrogen and oxygen atoms in total. The number of fused-ring (bicyclic) bond motifs is 3. The summed E-state index contributed by atoms with van der Waals surface area (Å²) >= 11 is 5.59. The van der Waals surface area contributed by atoms with E-state index < -0.39 is 0 Å². The van der Waals surface area contributed by atoms with Crippen LogP contribution in [-0.2, 0) is 6.42 Å². The lowest BCUT2D eigenvalue weighted by atomic mass is 9.88. The molecule has 21 heavy (non-hydrogen) atoms. The first-order valence-corrected chi connectivity index (χ1v) is 8.85. The highest BCUT2D eigenvalue weighted by molar-refractivity contribution is 7.80. The van der Waals surface area contributed by atoms with E-state index in [2.05, 4.69) is 34.9 Å². The molecule has 3 aliphatic carbocycles. The monoisotopic (exact) mass is 300 g/mol. The van der Waals surface area contributed by atoms with Crippen LogP contribution in [0.15, 0.2) is 24.3 Å². The van der Waals surface area contributed by atoms with E-state index in [1.54, 1.807) is 0 Å². The maximum Gasteiger partial charge on any atom is 0.167 e. The minimum absolute atomic E-state index is 0.397. The summed E-state index contributed by atoms with van der Waals surface area (Å²) in [6, 6.07) is 9.83. The SMILES string of the molecule is S=C(N[C@H]1CCCc2ccccc21)N[C@H]1C[C@@H]2CC[C@@H]1C2. The topological polar surface area (TPSA) is 24.1 Å². The van der Waals surface area contributed by atoms with E-state index >= 15 is 0 Å². The third-order valence-electron chi connectivity index (χ3n) is 5.73. The standard InChI is InChI=1S/C18H24N2S/c21-18(20-17-11-12-8-9-14(17)10-12)19-16-7-3-5-13-4-1-2-6-15(13)16/h1-2,4,6,12,14,16-17H,3,5,7-11H2,(H2,19,20,21)/t12-,14-,16+,17+/m1/s1. The molecule has 1 aromatic rings. The Bertz CT molecular complexity index is 542. The molecule has 0 aliphatic heterocycles. The Hall–Kier alpha value is -1.09. The van der Waals surface area contributed by atoms with Crippen LogP contribution in [0.2, 0.25) is 0 Å². The highest BCUT2D eigenvalue weighted by atomic mass is 32.1. The van der Waals surface area contributed by atoms with Crippen molar-refractivity contribution >= 4 is 17.3 Å². The van der Waals surface area contributed by atoms with Crippen LogP contribution in [0, 0.1) is 11.8 Å². The molecule has 0 saturated heterocycles. The largest absolute Gasteiger partial charge is 0.360 e. The molecule has 3 heteroatoms. The fourth-order valence-electron chi connectivity index (χ4n) is 4.69. The van der Waals surface area contributed by atoms with Crippen molar-refractivity contribution in [1.29, 1.82) is 0 Å². The fourth-order valence-corrected chi connectivity index (χ4v) is 4.99. The zero-order chi connectivity index (χ0) is 14.2. The smallest absolute Gasteiger partial charge is 0.167 e. The molecule has 2 fully saturated rings. The molecule has 4 rings (SSSR count). The molecular formula is C18H24N2S. The quantitative estimate of drug-likeness (QED) is 0.814. The summed E-state index contributed by atoms with van der Waals surface area (Å²) in [6.07, 6.45) is 9.25. The second-order valence-corrected chi connectivity index (χ2v) is 7.45. The van der Waals surface area contributed by atoms with Crippen LogP contribution in [0.5, 0.6) is 0 Å². The van der Waals surface area contributed by atoms with Crippen molar-refractivity contribution < 1.29 is 0 Å². The minimum atomic E-state index is 0.397. The van der Waals surface area contributed by atoms with E-state index in [1.165, 1.54) is 56.1 Å². The second-order valence-electron chi connectivity index (χ2n) is 7.04. The maximum absolute atomic E-state index is 5.59. The van der Waals surface area contributed by atoms with E-state index in [-0.39, 0.29) is 0 Å². The van der Waals surface area contributed by atoms with Crippen molar-refractivity contribution in [3.63, 3.8) is 0 Å². The van der Waals surface area contributed by atoms with Crippen molar-refractivity contribution in [3.8, 4) is 0 Å². The van der Waals surface area contributed by atoms with Gasteiger partial charge in [-0.15, -0.1) is 0 Å². The summed E-state index contributed by atoms with van der Waals surface area (Å²) in [7, 11) is 0. The molecule has 0 radical (unpaired) electrons. The van der Waals surface area contributed by atoms with Crippen LogP contribution in [0.4, 0.5) is 0 Å². The number of benzene rings is 1. The van der Waals surface area contributed by atoms with Crippen molar-refractivity contribution in [2.75, 3.05) is 0 Å². The van der Waals surface area contributed by atoms with Gasteiger partial charge in [-0.25, -0.2) is 0 Å². The van der Waals surface area contributed by atoms with E-state index in [0.29, 0.717) is 12.1 Å².